The maximum absolute atomic E-state index is 12.5. The normalized spacial score (nSPS) is 17.2. The van der Waals surface area contributed by atoms with Crippen LogP contribution in [0, 0.1) is 5.92 Å². The van der Waals surface area contributed by atoms with Gasteiger partial charge in [0.2, 0.25) is 0 Å². The minimum atomic E-state index is -4.26. The van der Waals surface area contributed by atoms with E-state index in [1.807, 2.05) is 27.7 Å². The number of allylic oxidation sites excluding steroid dienone is 2. The molecule has 0 bridgehead atoms. The smallest absolute Gasteiger partial charge is 0.330 e. The summed E-state index contributed by atoms with van der Waals surface area (Å²) in [6.45, 7) is 8.70. The fraction of sp³-hybridized carbons (Fsp3) is 0.579. The number of hydrogen-bond donors (Lipinski definition) is 1. The highest BCUT2D eigenvalue weighted by Crippen LogP contribution is 2.34. The zero-order chi connectivity index (χ0) is 17.9. The average molecular weight is 329 g/mol. The molecular weight excluding hydrogens is 299 g/mol. The van der Waals surface area contributed by atoms with E-state index in [4.69, 9.17) is 5.73 Å². The minimum Gasteiger partial charge on any atom is -0.330 e. The van der Waals surface area contributed by atoms with E-state index in [2.05, 4.69) is 6.08 Å². The van der Waals surface area contributed by atoms with E-state index >= 15 is 0 Å². The summed E-state index contributed by atoms with van der Waals surface area (Å²) in [5.41, 5.74) is 7.00. The highest BCUT2D eigenvalue weighted by atomic mass is 19.4. The summed E-state index contributed by atoms with van der Waals surface area (Å²) in [6.07, 6.45) is 1.89. The first kappa shape index (κ1) is 21.7. The van der Waals surface area contributed by atoms with E-state index in [9.17, 15) is 13.2 Å². The maximum Gasteiger partial charge on any atom is 0.416 e. The van der Waals surface area contributed by atoms with Gasteiger partial charge in [0.1, 0.15) is 0 Å². The molecule has 0 aromatic heterocycles. The van der Waals surface area contributed by atoms with Crippen molar-refractivity contribution < 1.29 is 13.2 Å². The van der Waals surface area contributed by atoms with Crippen molar-refractivity contribution in [3.8, 4) is 0 Å². The van der Waals surface area contributed by atoms with Crippen LogP contribution in [0.2, 0.25) is 0 Å². The van der Waals surface area contributed by atoms with Gasteiger partial charge in [0.05, 0.1) is 5.56 Å². The lowest BCUT2D eigenvalue weighted by atomic mass is 9.85. The Bertz CT molecular complexity index is 447. The van der Waals surface area contributed by atoms with Crippen LogP contribution in [0.5, 0.6) is 0 Å². The lowest BCUT2D eigenvalue weighted by Crippen LogP contribution is -2.11. The molecule has 1 aliphatic carbocycles. The van der Waals surface area contributed by atoms with Gasteiger partial charge in [-0.1, -0.05) is 45.9 Å². The Labute approximate surface area is 138 Å². The number of halogens is 3. The molecule has 0 saturated heterocycles. The summed E-state index contributed by atoms with van der Waals surface area (Å²) >= 11 is 0. The molecule has 1 aromatic carbocycles. The van der Waals surface area contributed by atoms with E-state index in [1.165, 1.54) is 0 Å². The second-order valence-electron chi connectivity index (χ2n) is 5.02. The topological polar surface area (TPSA) is 26.0 Å². The molecule has 4 heteroatoms. The highest BCUT2D eigenvalue weighted by Gasteiger charge is 2.30. The van der Waals surface area contributed by atoms with Gasteiger partial charge in [-0.05, 0) is 61.4 Å². The number of alkyl halides is 3. The van der Waals surface area contributed by atoms with Gasteiger partial charge in [-0.3, -0.25) is 0 Å². The molecule has 1 aromatic rings. The summed E-state index contributed by atoms with van der Waals surface area (Å²) in [4.78, 5) is 0. The molecule has 0 saturated carbocycles. The summed E-state index contributed by atoms with van der Waals surface area (Å²) in [5.74, 6) is 0.628. The Morgan fingerprint density at radius 3 is 2.00 bits per heavy atom. The third-order valence-corrected chi connectivity index (χ3v) is 3.68. The first-order valence-electron chi connectivity index (χ1n) is 8.57. The van der Waals surface area contributed by atoms with Crippen molar-refractivity contribution in [3.63, 3.8) is 0 Å². The van der Waals surface area contributed by atoms with Gasteiger partial charge in [0, 0.05) is 0 Å². The summed E-state index contributed by atoms with van der Waals surface area (Å²) in [7, 11) is 0. The molecule has 0 amide bonds. The van der Waals surface area contributed by atoms with Crippen LogP contribution in [0.3, 0.4) is 0 Å². The van der Waals surface area contributed by atoms with Gasteiger partial charge in [0.15, 0.2) is 0 Å². The third kappa shape index (κ3) is 7.21. The quantitative estimate of drug-likeness (QED) is 0.693. The van der Waals surface area contributed by atoms with Crippen molar-refractivity contribution in [1.82, 2.24) is 0 Å². The molecule has 0 heterocycles. The number of rotatable bonds is 3. The van der Waals surface area contributed by atoms with Crippen LogP contribution >= 0.6 is 0 Å². The van der Waals surface area contributed by atoms with Crippen LogP contribution in [-0.4, -0.2) is 6.54 Å². The van der Waals surface area contributed by atoms with Crippen LogP contribution < -0.4 is 5.73 Å². The summed E-state index contributed by atoms with van der Waals surface area (Å²) < 4.78 is 37.4. The SMILES string of the molecule is CC.CC.NCCC1CC=C(c2ccc(C(F)(F)F)cc2)CC1. The predicted octanol–water partition coefficient (Wildman–Crippen LogP) is 6.29. The van der Waals surface area contributed by atoms with Crippen LogP contribution in [0.15, 0.2) is 30.3 Å². The highest BCUT2D eigenvalue weighted by molar-refractivity contribution is 5.66. The van der Waals surface area contributed by atoms with Crippen molar-refractivity contribution >= 4 is 5.57 Å². The minimum absolute atomic E-state index is 0.589. The fourth-order valence-electron chi connectivity index (χ4n) is 2.52. The molecule has 0 spiro atoms. The number of hydrogen-bond acceptors (Lipinski definition) is 1. The molecule has 23 heavy (non-hydrogen) atoms. The van der Waals surface area contributed by atoms with E-state index in [1.54, 1.807) is 12.1 Å². The second kappa shape index (κ2) is 11.3. The van der Waals surface area contributed by atoms with E-state index < -0.39 is 11.7 Å². The average Bonchev–Trinajstić information content (AvgIpc) is 2.59. The standard InChI is InChI=1S/C15H18F3N.2C2H6/c16-15(17,18)14-7-5-13(6-8-14)12-3-1-11(2-4-12)9-10-19;2*1-2/h3,5-8,11H,1-2,4,9-10,19H2;2*1-2H3. The monoisotopic (exact) mass is 329 g/mol. The molecule has 2 rings (SSSR count). The first-order chi connectivity index (χ1) is 11.0. The van der Waals surface area contributed by atoms with Gasteiger partial charge in [0.25, 0.3) is 0 Å². The zero-order valence-corrected chi connectivity index (χ0v) is 14.7. The molecule has 0 radical (unpaired) electrons. The van der Waals surface area contributed by atoms with E-state index in [0.29, 0.717) is 12.5 Å². The largest absolute Gasteiger partial charge is 0.416 e. The van der Waals surface area contributed by atoms with Crippen LogP contribution in [0.1, 0.15) is 64.5 Å². The second-order valence-corrected chi connectivity index (χ2v) is 5.02. The van der Waals surface area contributed by atoms with E-state index in [0.717, 1.165) is 49.0 Å². The molecule has 1 aliphatic rings. The zero-order valence-electron chi connectivity index (χ0n) is 14.7. The Morgan fingerprint density at radius 1 is 1.04 bits per heavy atom. The summed E-state index contributed by atoms with van der Waals surface area (Å²) in [6, 6.07) is 5.44. The van der Waals surface area contributed by atoms with Gasteiger partial charge < -0.3 is 5.73 Å². The van der Waals surface area contributed by atoms with Gasteiger partial charge in [-0.2, -0.15) is 13.2 Å². The van der Waals surface area contributed by atoms with Crippen molar-refractivity contribution in [1.29, 1.82) is 0 Å². The lowest BCUT2D eigenvalue weighted by molar-refractivity contribution is -0.137. The molecule has 0 aliphatic heterocycles. The first-order valence-corrected chi connectivity index (χ1v) is 8.57. The molecule has 1 unspecified atom stereocenters. The Hall–Kier alpha value is -1.29. The third-order valence-electron chi connectivity index (χ3n) is 3.68. The maximum atomic E-state index is 12.5. The van der Waals surface area contributed by atoms with Crippen molar-refractivity contribution in [2.24, 2.45) is 11.7 Å². The molecule has 132 valence electrons. The van der Waals surface area contributed by atoms with Crippen LogP contribution in [-0.2, 0) is 6.18 Å². The van der Waals surface area contributed by atoms with Crippen molar-refractivity contribution in [2.75, 3.05) is 6.54 Å². The number of benzene rings is 1. The molecule has 2 N–H and O–H groups in total. The Kier molecular flexibility index (Phi) is 10.6. The van der Waals surface area contributed by atoms with E-state index in [-0.39, 0.29) is 0 Å². The predicted molar refractivity (Wildman–Crippen MR) is 93.1 cm³/mol. The Balaban J connectivity index is 0.00000112. The molecule has 1 atom stereocenters. The molecule has 1 nitrogen and oxygen atoms in total. The van der Waals surface area contributed by atoms with Gasteiger partial charge in [-0.15, -0.1) is 0 Å². The summed E-state index contributed by atoms with van der Waals surface area (Å²) in [5, 5.41) is 0. The van der Waals surface area contributed by atoms with Crippen LogP contribution in [0.25, 0.3) is 5.57 Å². The van der Waals surface area contributed by atoms with Crippen molar-refractivity contribution in [3.05, 3.63) is 41.5 Å². The number of nitrogens with two attached hydrogens (primary N) is 1. The molecule has 0 fully saturated rings. The van der Waals surface area contributed by atoms with Crippen molar-refractivity contribution in [2.45, 2.75) is 59.6 Å². The Morgan fingerprint density at radius 2 is 1.61 bits per heavy atom. The lowest BCUT2D eigenvalue weighted by Gasteiger charge is -2.21. The fourth-order valence-corrected chi connectivity index (χ4v) is 2.52. The molecular formula is C19H30F3N. The van der Waals surface area contributed by atoms with Crippen LogP contribution in [0.4, 0.5) is 13.2 Å². The van der Waals surface area contributed by atoms with Gasteiger partial charge >= 0.3 is 6.18 Å². The van der Waals surface area contributed by atoms with Gasteiger partial charge in [-0.25, -0.2) is 0 Å².